The summed E-state index contributed by atoms with van der Waals surface area (Å²) < 4.78 is 13.5. The van der Waals surface area contributed by atoms with Crippen LogP contribution in [0.5, 0.6) is 5.75 Å². The molecule has 1 aromatic carbocycles. The number of hydrogen-bond acceptors (Lipinski definition) is 4. The van der Waals surface area contributed by atoms with Crippen molar-refractivity contribution < 1.29 is 9.15 Å². The summed E-state index contributed by atoms with van der Waals surface area (Å²) in [4.78, 5) is 16.8. The normalized spacial score (nSPS) is 11.2. The number of para-hydroxylation sites is 1. The Hall–Kier alpha value is -2.60. The zero-order valence-electron chi connectivity index (χ0n) is 12.1. The molecule has 0 radical (unpaired) electrons. The van der Waals surface area contributed by atoms with Gasteiger partial charge in [-0.15, -0.1) is 0 Å². The highest BCUT2D eigenvalue weighted by Crippen LogP contribution is 2.27. The predicted molar refractivity (Wildman–Crippen MR) is 90.9 cm³/mol. The van der Waals surface area contributed by atoms with Crippen LogP contribution in [0.3, 0.4) is 0 Å². The van der Waals surface area contributed by atoms with E-state index < -0.39 is 5.63 Å². The van der Waals surface area contributed by atoms with E-state index in [4.69, 9.17) is 9.15 Å². The SMILES string of the molecule is COc1cccc2cc(-c3cn4cc(Br)ccc4n3)c(=O)oc12. The van der Waals surface area contributed by atoms with Crippen molar-refractivity contribution in [3.63, 3.8) is 0 Å². The summed E-state index contributed by atoms with van der Waals surface area (Å²) in [7, 11) is 1.54. The van der Waals surface area contributed by atoms with E-state index >= 15 is 0 Å². The third-order valence-corrected chi connectivity index (χ3v) is 4.10. The summed E-state index contributed by atoms with van der Waals surface area (Å²) >= 11 is 3.42. The van der Waals surface area contributed by atoms with Gasteiger partial charge >= 0.3 is 5.63 Å². The first kappa shape index (κ1) is 14.0. The van der Waals surface area contributed by atoms with E-state index in [2.05, 4.69) is 20.9 Å². The Morgan fingerprint density at radius 2 is 2.09 bits per heavy atom. The Morgan fingerprint density at radius 1 is 1.22 bits per heavy atom. The predicted octanol–water partition coefficient (Wildman–Crippen LogP) is 3.88. The van der Waals surface area contributed by atoms with Gasteiger partial charge < -0.3 is 13.6 Å². The average Bonchev–Trinajstić information content (AvgIpc) is 2.96. The largest absolute Gasteiger partial charge is 0.493 e. The van der Waals surface area contributed by atoms with Gasteiger partial charge in [-0.1, -0.05) is 12.1 Å². The van der Waals surface area contributed by atoms with Gasteiger partial charge in [-0.25, -0.2) is 9.78 Å². The third kappa shape index (κ3) is 2.31. The van der Waals surface area contributed by atoms with Crippen LogP contribution in [0.2, 0.25) is 0 Å². The van der Waals surface area contributed by atoms with Crippen LogP contribution in [-0.4, -0.2) is 16.5 Å². The Labute approximate surface area is 139 Å². The molecule has 23 heavy (non-hydrogen) atoms. The van der Waals surface area contributed by atoms with Crippen LogP contribution in [0, 0.1) is 0 Å². The van der Waals surface area contributed by atoms with Gasteiger partial charge in [-0.2, -0.15) is 0 Å². The quantitative estimate of drug-likeness (QED) is 0.502. The molecule has 0 saturated heterocycles. The first-order valence-corrected chi connectivity index (χ1v) is 7.70. The third-order valence-electron chi connectivity index (χ3n) is 3.63. The number of methoxy groups -OCH3 is 1. The molecule has 4 rings (SSSR count). The maximum atomic E-state index is 12.4. The molecule has 0 aliphatic heterocycles. The molecule has 3 aromatic heterocycles. The van der Waals surface area contributed by atoms with E-state index in [9.17, 15) is 4.79 Å². The van der Waals surface area contributed by atoms with Crippen LogP contribution in [0.4, 0.5) is 0 Å². The summed E-state index contributed by atoms with van der Waals surface area (Å²) in [5.74, 6) is 0.532. The lowest BCUT2D eigenvalue weighted by atomic mass is 10.1. The molecular weight excluding hydrogens is 360 g/mol. The number of nitrogens with zero attached hydrogens (tertiary/aromatic N) is 2. The van der Waals surface area contributed by atoms with E-state index in [1.807, 2.05) is 34.9 Å². The van der Waals surface area contributed by atoms with Crippen molar-refractivity contribution >= 4 is 32.5 Å². The van der Waals surface area contributed by atoms with Gasteiger partial charge in [0.25, 0.3) is 0 Å². The maximum absolute atomic E-state index is 12.4. The lowest BCUT2D eigenvalue weighted by molar-refractivity contribution is 0.407. The monoisotopic (exact) mass is 370 g/mol. The summed E-state index contributed by atoms with van der Waals surface area (Å²) in [6.07, 6.45) is 3.69. The van der Waals surface area contributed by atoms with Crippen LogP contribution in [0.25, 0.3) is 27.9 Å². The Morgan fingerprint density at radius 3 is 2.91 bits per heavy atom. The van der Waals surface area contributed by atoms with Crippen LogP contribution in [0.15, 0.2) is 62.5 Å². The number of benzene rings is 1. The minimum atomic E-state index is -0.440. The summed E-state index contributed by atoms with van der Waals surface area (Å²) in [6.45, 7) is 0. The molecule has 5 nitrogen and oxygen atoms in total. The molecule has 0 aliphatic carbocycles. The Balaban J connectivity index is 1.96. The van der Waals surface area contributed by atoms with E-state index in [1.165, 1.54) is 0 Å². The van der Waals surface area contributed by atoms with Crippen molar-refractivity contribution in [2.75, 3.05) is 7.11 Å². The highest BCUT2D eigenvalue weighted by molar-refractivity contribution is 9.10. The zero-order chi connectivity index (χ0) is 16.0. The molecule has 0 N–H and O–H groups in total. The molecule has 0 atom stereocenters. The molecule has 0 unspecified atom stereocenters. The van der Waals surface area contributed by atoms with E-state index in [0.717, 1.165) is 15.5 Å². The van der Waals surface area contributed by atoms with Crippen molar-refractivity contribution in [2.45, 2.75) is 0 Å². The first-order valence-electron chi connectivity index (χ1n) is 6.91. The van der Waals surface area contributed by atoms with Gasteiger partial charge in [0.1, 0.15) is 5.65 Å². The molecule has 0 bridgehead atoms. The number of rotatable bonds is 2. The fourth-order valence-electron chi connectivity index (χ4n) is 2.55. The van der Waals surface area contributed by atoms with Crippen LogP contribution < -0.4 is 10.4 Å². The molecule has 114 valence electrons. The fourth-order valence-corrected chi connectivity index (χ4v) is 2.90. The van der Waals surface area contributed by atoms with Gasteiger partial charge in [0.15, 0.2) is 11.3 Å². The van der Waals surface area contributed by atoms with E-state index in [0.29, 0.717) is 22.6 Å². The topological polar surface area (TPSA) is 56.7 Å². The molecule has 0 spiro atoms. The standard InChI is InChI=1S/C17H11BrN2O3/c1-22-14-4-2-3-10-7-12(17(21)23-16(10)14)13-9-20-8-11(18)5-6-15(20)19-13/h2-9H,1H3. The number of halogens is 1. The lowest BCUT2D eigenvalue weighted by Gasteiger charge is -2.04. The van der Waals surface area contributed by atoms with Crippen LogP contribution in [0.1, 0.15) is 0 Å². The lowest BCUT2D eigenvalue weighted by Crippen LogP contribution is -2.03. The van der Waals surface area contributed by atoms with Crippen LogP contribution >= 0.6 is 15.9 Å². The summed E-state index contributed by atoms with van der Waals surface area (Å²) in [5.41, 5.74) is 1.75. The van der Waals surface area contributed by atoms with Crippen molar-refractivity contribution in [3.8, 4) is 17.0 Å². The Bertz CT molecular complexity index is 1100. The molecule has 0 fully saturated rings. The van der Waals surface area contributed by atoms with E-state index in [1.54, 1.807) is 25.4 Å². The molecule has 4 aromatic rings. The molecule has 3 heterocycles. The zero-order valence-corrected chi connectivity index (χ0v) is 13.7. The minimum absolute atomic E-state index is 0.422. The molecule has 0 aliphatic rings. The highest BCUT2D eigenvalue weighted by Gasteiger charge is 2.13. The smallest absolute Gasteiger partial charge is 0.345 e. The number of hydrogen-bond donors (Lipinski definition) is 0. The average molecular weight is 371 g/mol. The molecular formula is C17H11BrN2O3. The van der Waals surface area contributed by atoms with Crippen molar-refractivity contribution in [3.05, 3.63) is 63.7 Å². The van der Waals surface area contributed by atoms with Crippen LogP contribution in [-0.2, 0) is 0 Å². The van der Waals surface area contributed by atoms with Crippen molar-refractivity contribution in [1.82, 2.24) is 9.38 Å². The second kappa shape index (κ2) is 5.24. The number of fused-ring (bicyclic) bond motifs is 2. The second-order valence-electron chi connectivity index (χ2n) is 5.07. The number of ether oxygens (including phenoxy) is 1. The van der Waals surface area contributed by atoms with Crippen molar-refractivity contribution in [1.29, 1.82) is 0 Å². The molecule has 0 saturated carbocycles. The maximum Gasteiger partial charge on any atom is 0.345 e. The van der Waals surface area contributed by atoms with Gasteiger partial charge in [0.2, 0.25) is 0 Å². The number of imidazole rings is 1. The van der Waals surface area contributed by atoms with E-state index in [-0.39, 0.29) is 0 Å². The molecule has 0 amide bonds. The number of pyridine rings is 1. The van der Waals surface area contributed by atoms with Gasteiger partial charge in [-0.3, -0.25) is 0 Å². The first-order chi connectivity index (χ1) is 11.2. The van der Waals surface area contributed by atoms with Gasteiger partial charge in [0, 0.05) is 22.3 Å². The van der Waals surface area contributed by atoms with Gasteiger partial charge in [-0.05, 0) is 40.2 Å². The van der Waals surface area contributed by atoms with Gasteiger partial charge in [0.05, 0.1) is 18.4 Å². The number of aromatic nitrogens is 2. The fraction of sp³-hybridized carbons (Fsp3) is 0.0588. The summed E-state index contributed by atoms with van der Waals surface area (Å²) in [5, 5.41) is 0.789. The minimum Gasteiger partial charge on any atom is -0.493 e. The highest BCUT2D eigenvalue weighted by atomic mass is 79.9. The van der Waals surface area contributed by atoms with Crippen molar-refractivity contribution in [2.24, 2.45) is 0 Å². The Kier molecular flexibility index (Phi) is 3.20. The molecule has 6 heteroatoms. The second-order valence-corrected chi connectivity index (χ2v) is 5.98. The summed E-state index contributed by atoms with van der Waals surface area (Å²) in [6, 6.07) is 11.0.